The van der Waals surface area contributed by atoms with Crippen LogP contribution in [0.25, 0.3) is 11.3 Å². The monoisotopic (exact) mass is 242 g/mol. The molecule has 2 heteroatoms. The third-order valence-electron chi connectivity index (χ3n) is 3.22. The summed E-state index contributed by atoms with van der Waals surface area (Å²) in [5.74, 6) is 1.26. The molecular formula is C16H18O2. The van der Waals surface area contributed by atoms with Gasteiger partial charge in [0.2, 0.25) is 0 Å². The SMILES string of the molecule is CCC(=O)c1ccc(-c2ccc(C)c(CC)c2)o1. The summed E-state index contributed by atoms with van der Waals surface area (Å²) in [4.78, 5) is 11.5. The zero-order chi connectivity index (χ0) is 13.1. The minimum atomic E-state index is 0.0454. The lowest BCUT2D eigenvalue weighted by Gasteiger charge is -2.05. The number of aryl methyl sites for hydroxylation is 2. The molecule has 0 aliphatic rings. The van der Waals surface area contributed by atoms with E-state index in [1.165, 1.54) is 11.1 Å². The highest BCUT2D eigenvalue weighted by Gasteiger charge is 2.10. The average molecular weight is 242 g/mol. The fourth-order valence-corrected chi connectivity index (χ4v) is 2.02. The molecule has 0 saturated heterocycles. The van der Waals surface area contributed by atoms with Gasteiger partial charge < -0.3 is 4.42 Å². The molecular weight excluding hydrogens is 224 g/mol. The molecule has 0 atom stereocenters. The zero-order valence-electron chi connectivity index (χ0n) is 11.1. The summed E-state index contributed by atoms with van der Waals surface area (Å²) >= 11 is 0. The van der Waals surface area contributed by atoms with Crippen LogP contribution < -0.4 is 0 Å². The Morgan fingerprint density at radius 1 is 1.17 bits per heavy atom. The van der Waals surface area contributed by atoms with Crippen molar-refractivity contribution in [3.8, 4) is 11.3 Å². The normalized spacial score (nSPS) is 10.6. The van der Waals surface area contributed by atoms with Crippen LogP contribution in [0, 0.1) is 6.92 Å². The van der Waals surface area contributed by atoms with Crippen LogP contribution in [0.15, 0.2) is 34.7 Å². The quantitative estimate of drug-likeness (QED) is 0.743. The molecule has 0 spiro atoms. The summed E-state index contributed by atoms with van der Waals surface area (Å²) in [6.07, 6.45) is 1.47. The van der Waals surface area contributed by atoms with E-state index in [1.807, 2.05) is 19.1 Å². The van der Waals surface area contributed by atoms with Crippen LogP contribution in [-0.2, 0) is 6.42 Å². The van der Waals surface area contributed by atoms with E-state index in [2.05, 4.69) is 26.0 Å². The van der Waals surface area contributed by atoms with E-state index in [4.69, 9.17) is 4.42 Å². The van der Waals surface area contributed by atoms with Gasteiger partial charge in [-0.1, -0.05) is 26.0 Å². The summed E-state index contributed by atoms with van der Waals surface area (Å²) in [6.45, 7) is 6.09. The van der Waals surface area contributed by atoms with Gasteiger partial charge in [0.05, 0.1) is 0 Å². The van der Waals surface area contributed by atoms with Gasteiger partial charge >= 0.3 is 0 Å². The maximum absolute atomic E-state index is 11.5. The smallest absolute Gasteiger partial charge is 0.197 e. The first-order valence-electron chi connectivity index (χ1n) is 6.38. The predicted molar refractivity (Wildman–Crippen MR) is 72.9 cm³/mol. The van der Waals surface area contributed by atoms with E-state index >= 15 is 0 Å². The molecule has 18 heavy (non-hydrogen) atoms. The predicted octanol–water partition coefficient (Wildman–Crippen LogP) is 4.41. The second-order valence-electron chi connectivity index (χ2n) is 4.44. The Labute approximate surface area is 108 Å². The molecule has 1 heterocycles. The van der Waals surface area contributed by atoms with Gasteiger partial charge in [0, 0.05) is 12.0 Å². The average Bonchev–Trinajstić information content (AvgIpc) is 2.88. The van der Waals surface area contributed by atoms with Crippen molar-refractivity contribution in [2.24, 2.45) is 0 Å². The molecule has 2 rings (SSSR count). The first kappa shape index (κ1) is 12.6. The molecule has 0 unspecified atom stereocenters. The molecule has 0 amide bonds. The van der Waals surface area contributed by atoms with Crippen LogP contribution in [0.3, 0.4) is 0 Å². The van der Waals surface area contributed by atoms with Gasteiger partial charge in [-0.2, -0.15) is 0 Å². The van der Waals surface area contributed by atoms with Crippen LogP contribution in [-0.4, -0.2) is 5.78 Å². The summed E-state index contributed by atoms with van der Waals surface area (Å²) in [5.41, 5.74) is 3.64. The van der Waals surface area contributed by atoms with Crippen molar-refractivity contribution in [3.63, 3.8) is 0 Å². The van der Waals surface area contributed by atoms with Crippen LogP contribution in [0.1, 0.15) is 41.9 Å². The Hall–Kier alpha value is -1.83. The Kier molecular flexibility index (Phi) is 3.66. The van der Waals surface area contributed by atoms with Crippen molar-refractivity contribution in [2.75, 3.05) is 0 Å². The fraction of sp³-hybridized carbons (Fsp3) is 0.312. The molecule has 0 aliphatic heterocycles. The Balaban J connectivity index is 2.37. The van der Waals surface area contributed by atoms with Gasteiger partial charge in [0.1, 0.15) is 5.76 Å². The Bertz CT molecular complexity index is 564. The maximum Gasteiger partial charge on any atom is 0.197 e. The van der Waals surface area contributed by atoms with Crippen molar-refractivity contribution >= 4 is 5.78 Å². The largest absolute Gasteiger partial charge is 0.453 e. The van der Waals surface area contributed by atoms with E-state index in [9.17, 15) is 4.79 Å². The molecule has 0 bridgehead atoms. The topological polar surface area (TPSA) is 30.2 Å². The van der Waals surface area contributed by atoms with Crippen molar-refractivity contribution in [3.05, 3.63) is 47.2 Å². The number of hydrogen-bond acceptors (Lipinski definition) is 2. The first-order chi connectivity index (χ1) is 8.65. The van der Waals surface area contributed by atoms with E-state index in [0.29, 0.717) is 12.2 Å². The third-order valence-corrected chi connectivity index (χ3v) is 3.22. The van der Waals surface area contributed by atoms with Crippen LogP contribution in [0.4, 0.5) is 0 Å². The van der Waals surface area contributed by atoms with Gasteiger partial charge in [-0.05, 0) is 42.7 Å². The van der Waals surface area contributed by atoms with Gasteiger partial charge in [0.25, 0.3) is 0 Å². The van der Waals surface area contributed by atoms with E-state index in [0.717, 1.165) is 17.7 Å². The van der Waals surface area contributed by atoms with Crippen LogP contribution in [0.2, 0.25) is 0 Å². The fourth-order valence-electron chi connectivity index (χ4n) is 2.02. The lowest BCUT2D eigenvalue weighted by Crippen LogP contribution is -1.92. The third kappa shape index (κ3) is 2.37. The number of hydrogen-bond donors (Lipinski definition) is 0. The molecule has 0 N–H and O–H groups in total. The number of furan rings is 1. The standard InChI is InChI=1S/C16H18O2/c1-4-12-10-13(7-6-11(12)3)15-8-9-16(18-15)14(17)5-2/h6-10H,4-5H2,1-3H3. The van der Waals surface area contributed by atoms with E-state index in [-0.39, 0.29) is 5.78 Å². The van der Waals surface area contributed by atoms with Gasteiger partial charge in [-0.25, -0.2) is 0 Å². The van der Waals surface area contributed by atoms with Crippen LogP contribution in [0.5, 0.6) is 0 Å². The summed E-state index contributed by atoms with van der Waals surface area (Å²) in [7, 11) is 0. The molecule has 1 aromatic carbocycles. The van der Waals surface area contributed by atoms with Crippen LogP contribution >= 0.6 is 0 Å². The number of carbonyl (C=O) groups is 1. The molecule has 0 aliphatic carbocycles. The minimum absolute atomic E-state index is 0.0454. The number of ketones is 1. The zero-order valence-corrected chi connectivity index (χ0v) is 11.1. The second-order valence-corrected chi connectivity index (χ2v) is 4.44. The van der Waals surface area contributed by atoms with E-state index < -0.39 is 0 Å². The number of benzene rings is 1. The molecule has 0 saturated carbocycles. The number of carbonyl (C=O) groups excluding carboxylic acids is 1. The number of Topliss-reactive ketones (excluding diaryl/α,β-unsaturated/α-hetero) is 1. The van der Waals surface area contributed by atoms with Crippen molar-refractivity contribution in [1.82, 2.24) is 0 Å². The molecule has 94 valence electrons. The highest BCUT2D eigenvalue weighted by molar-refractivity contribution is 5.93. The Morgan fingerprint density at radius 2 is 1.94 bits per heavy atom. The van der Waals surface area contributed by atoms with Crippen molar-refractivity contribution in [1.29, 1.82) is 0 Å². The van der Waals surface area contributed by atoms with Crippen molar-refractivity contribution < 1.29 is 9.21 Å². The lowest BCUT2D eigenvalue weighted by atomic mass is 10.0. The van der Waals surface area contributed by atoms with E-state index in [1.54, 1.807) is 6.07 Å². The Morgan fingerprint density at radius 3 is 2.61 bits per heavy atom. The molecule has 0 radical (unpaired) electrons. The summed E-state index contributed by atoms with van der Waals surface area (Å²) in [5, 5.41) is 0. The highest BCUT2D eigenvalue weighted by atomic mass is 16.3. The first-order valence-corrected chi connectivity index (χ1v) is 6.38. The van der Waals surface area contributed by atoms with Gasteiger partial charge in [-0.3, -0.25) is 4.79 Å². The van der Waals surface area contributed by atoms with Gasteiger partial charge in [-0.15, -0.1) is 0 Å². The van der Waals surface area contributed by atoms with Crippen molar-refractivity contribution in [2.45, 2.75) is 33.6 Å². The second kappa shape index (κ2) is 5.21. The molecule has 2 nitrogen and oxygen atoms in total. The molecule has 1 aromatic heterocycles. The minimum Gasteiger partial charge on any atom is -0.453 e. The molecule has 0 fully saturated rings. The number of rotatable bonds is 4. The highest BCUT2D eigenvalue weighted by Crippen LogP contribution is 2.25. The summed E-state index contributed by atoms with van der Waals surface area (Å²) < 4.78 is 5.61. The maximum atomic E-state index is 11.5. The lowest BCUT2D eigenvalue weighted by molar-refractivity contribution is 0.0962. The summed E-state index contributed by atoms with van der Waals surface area (Å²) in [6, 6.07) is 9.89. The van der Waals surface area contributed by atoms with Gasteiger partial charge in [0.15, 0.2) is 11.5 Å². The molecule has 2 aromatic rings.